The van der Waals surface area contributed by atoms with Crippen LogP contribution in [0.2, 0.25) is 0 Å². The minimum Gasteiger partial charge on any atom is -0.354 e. The molecule has 3 heteroatoms. The van der Waals surface area contributed by atoms with E-state index >= 15 is 0 Å². The maximum atomic E-state index is 4.52. The number of pyridine rings is 1. The molecule has 3 nitrogen and oxygen atoms in total. The zero-order chi connectivity index (χ0) is 16.8. The lowest BCUT2D eigenvalue weighted by Gasteiger charge is -2.27. The topological polar surface area (TPSA) is 40.7 Å². The van der Waals surface area contributed by atoms with Gasteiger partial charge in [-0.05, 0) is 55.2 Å². The van der Waals surface area contributed by atoms with E-state index in [0.717, 1.165) is 24.5 Å². The molecule has 0 spiro atoms. The van der Waals surface area contributed by atoms with Gasteiger partial charge in [-0.3, -0.25) is 4.98 Å². The van der Waals surface area contributed by atoms with Gasteiger partial charge in [0.1, 0.15) is 0 Å². The number of nitrogens with one attached hydrogen (secondary N) is 2. The molecular weight excluding hydrogens is 294 g/mol. The molecule has 0 amide bonds. The summed E-state index contributed by atoms with van der Waals surface area (Å²) in [6.07, 6.45) is 0. The lowest BCUT2D eigenvalue weighted by molar-refractivity contribution is 0.449. The van der Waals surface area contributed by atoms with Gasteiger partial charge in [0.05, 0.1) is 5.69 Å². The molecule has 1 aliphatic heterocycles. The highest BCUT2D eigenvalue weighted by molar-refractivity contribution is 5.92. The first-order valence-electron chi connectivity index (χ1n) is 8.85. The molecule has 3 heterocycles. The molecule has 0 aliphatic carbocycles. The van der Waals surface area contributed by atoms with E-state index in [0.29, 0.717) is 11.8 Å². The van der Waals surface area contributed by atoms with Crippen LogP contribution in [0.3, 0.4) is 0 Å². The normalized spacial score (nSPS) is 15.2. The summed E-state index contributed by atoms with van der Waals surface area (Å²) in [6, 6.07) is 11.3. The highest BCUT2D eigenvalue weighted by Gasteiger charge is 2.22. The molecule has 0 unspecified atom stereocenters. The second-order valence-corrected chi connectivity index (χ2v) is 7.37. The Balaban J connectivity index is 1.92. The molecule has 0 saturated carbocycles. The van der Waals surface area contributed by atoms with Crippen molar-refractivity contribution in [3.63, 3.8) is 0 Å². The molecular formula is C21H25N3. The third-order valence-corrected chi connectivity index (χ3v) is 5.06. The van der Waals surface area contributed by atoms with Crippen LogP contribution in [0.25, 0.3) is 22.2 Å². The highest BCUT2D eigenvalue weighted by atomic mass is 14.9. The van der Waals surface area contributed by atoms with E-state index in [1.54, 1.807) is 0 Å². The molecule has 1 fully saturated rings. The Hall–Kier alpha value is -2.13. The van der Waals surface area contributed by atoms with Crippen LogP contribution in [0.15, 0.2) is 30.3 Å². The van der Waals surface area contributed by atoms with Crippen LogP contribution in [-0.2, 0) is 0 Å². The molecule has 2 aromatic heterocycles. The van der Waals surface area contributed by atoms with E-state index in [-0.39, 0.29) is 0 Å². The highest BCUT2D eigenvalue weighted by Crippen LogP contribution is 2.37. The predicted molar refractivity (Wildman–Crippen MR) is 101 cm³/mol. The summed E-state index contributed by atoms with van der Waals surface area (Å²) in [5, 5.41) is 4.75. The summed E-state index contributed by atoms with van der Waals surface area (Å²) in [6.45, 7) is 10.9. The quantitative estimate of drug-likeness (QED) is 0.737. The molecule has 0 atom stereocenters. The van der Waals surface area contributed by atoms with Gasteiger partial charge >= 0.3 is 0 Å². The molecule has 2 N–H and O–H groups in total. The average molecular weight is 319 g/mol. The molecule has 0 bridgehead atoms. The van der Waals surface area contributed by atoms with Gasteiger partial charge in [0.2, 0.25) is 0 Å². The summed E-state index contributed by atoms with van der Waals surface area (Å²) in [4.78, 5) is 8.20. The summed E-state index contributed by atoms with van der Waals surface area (Å²) >= 11 is 0. The third-order valence-electron chi connectivity index (χ3n) is 5.06. The Labute approximate surface area is 143 Å². The van der Waals surface area contributed by atoms with Gasteiger partial charge in [0.15, 0.2) is 0 Å². The molecule has 1 saturated heterocycles. The number of aromatic nitrogens is 2. The van der Waals surface area contributed by atoms with Gasteiger partial charge in [-0.25, -0.2) is 0 Å². The molecule has 4 rings (SSSR count). The van der Waals surface area contributed by atoms with E-state index in [1.807, 2.05) is 0 Å². The number of nitrogens with zero attached hydrogens (tertiary/aromatic N) is 1. The van der Waals surface area contributed by atoms with Gasteiger partial charge < -0.3 is 10.3 Å². The number of rotatable bonds is 3. The molecule has 3 aromatic rings. The van der Waals surface area contributed by atoms with Crippen LogP contribution in [0, 0.1) is 13.8 Å². The van der Waals surface area contributed by atoms with Crippen LogP contribution in [0.1, 0.15) is 48.2 Å². The second kappa shape index (κ2) is 5.75. The van der Waals surface area contributed by atoms with Crippen molar-refractivity contribution in [1.29, 1.82) is 0 Å². The lowest BCUT2D eigenvalue weighted by Crippen LogP contribution is -2.39. The van der Waals surface area contributed by atoms with Crippen molar-refractivity contribution in [3.8, 4) is 11.3 Å². The fraction of sp³-hybridized carbons (Fsp3) is 0.381. The lowest BCUT2D eigenvalue weighted by atomic mass is 9.90. The number of aryl methyl sites for hydroxylation is 2. The number of benzene rings is 1. The van der Waals surface area contributed by atoms with E-state index in [1.165, 1.54) is 33.3 Å². The SMILES string of the molecule is Cc1cc(-c2[nH]c3ccc(C4CNC4)cc3c2C(C)C)cc(C)n1. The van der Waals surface area contributed by atoms with Crippen molar-refractivity contribution < 1.29 is 0 Å². The fourth-order valence-electron chi connectivity index (χ4n) is 3.81. The number of hydrogen-bond acceptors (Lipinski definition) is 2. The predicted octanol–water partition coefficient (Wildman–Crippen LogP) is 4.66. The minimum absolute atomic E-state index is 0.470. The minimum atomic E-state index is 0.470. The fourth-order valence-corrected chi connectivity index (χ4v) is 3.81. The monoisotopic (exact) mass is 319 g/mol. The first kappa shape index (κ1) is 15.4. The van der Waals surface area contributed by atoms with Gasteiger partial charge in [-0.2, -0.15) is 0 Å². The molecule has 0 radical (unpaired) electrons. The van der Waals surface area contributed by atoms with Crippen LogP contribution in [0.5, 0.6) is 0 Å². The molecule has 124 valence electrons. The standard InChI is InChI=1S/C21H25N3/c1-12(2)20-18-9-15(17-10-22-11-17)5-6-19(18)24-21(20)16-7-13(3)23-14(4)8-16/h5-9,12,17,22,24H,10-11H2,1-4H3. The zero-order valence-electron chi connectivity index (χ0n) is 14.9. The molecule has 24 heavy (non-hydrogen) atoms. The number of hydrogen-bond donors (Lipinski definition) is 2. The molecule has 1 aromatic carbocycles. The van der Waals surface area contributed by atoms with Gasteiger partial charge in [-0.1, -0.05) is 19.9 Å². The molecule has 1 aliphatic rings. The van der Waals surface area contributed by atoms with E-state index in [4.69, 9.17) is 0 Å². The van der Waals surface area contributed by atoms with Crippen molar-refractivity contribution in [2.45, 2.75) is 39.5 Å². The van der Waals surface area contributed by atoms with Gasteiger partial charge in [-0.15, -0.1) is 0 Å². The maximum Gasteiger partial charge on any atom is 0.0501 e. The summed E-state index contributed by atoms with van der Waals surface area (Å²) in [5.74, 6) is 1.13. The number of aromatic amines is 1. The summed E-state index contributed by atoms with van der Waals surface area (Å²) in [7, 11) is 0. The van der Waals surface area contributed by atoms with E-state index in [9.17, 15) is 0 Å². The Kier molecular flexibility index (Phi) is 3.69. The van der Waals surface area contributed by atoms with Crippen molar-refractivity contribution in [1.82, 2.24) is 15.3 Å². The largest absolute Gasteiger partial charge is 0.354 e. The zero-order valence-corrected chi connectivity index (χ0v) is 14.9. The average Bonchev–Trinajstić information content (AvgIpc) is 2.83. The third kappa shape index (κ3) is 2.53. The number of H-pyrrole nitrogens is 1. The first-order valence-corrected chi connectivity index (χ1v) is 8.85. The Bertz CT molecular complexity index is 881. The van der Waals surface area contributed by atoms with Crippen LogP contribution in [-0.4, -0.2) is 23.1 Å². The van der Waals surface area contributed by atoms with Crippen LogP contribution in [0.4, 0.5) is 0 Å². The van der Waals surface area contributed by atoms with Crippen LogP contribution < -0.4 is 5.32 Å². The van der Waals surface area contributed by atoms with E-state index in [2.05, 4.69) is 73.3 Å². The van der Waals surface area contributed by atoms with Crippen LogP contribution >= 0.6 is 0 Å². The Morgan fingerprint density at radius 1 is 1.04 bits per heavy atom. The van der Waals surface area contributed by atoms with Gasteiger partial charge in [0, 0.05) is 46.9 Å². The Morgan fingerprint density at radius 2 is 1.75 bits per heavy atom. The van der Waals surface area contributed by atoms with Gasteiger partial charge in [0.25, 0.3) is 0 Å². The summed E-state index contributed by atoms with van der Waals surface area (Å²) < 4.78 is 0. The van der Waals surface area contributed by atoms with E-state index < -0.39 is 0 Å². The second-order valence-electron chi connectivity index (χ2n) is 7.37. The van der Waals surface area contributed by atoms with Crippen molar-refractivity contribution in [3.05, 3.63) is 52.8 Å². The summed E-state index contributed by atoms with van der Waals surface area (Å²) in [5.41, 5.74) is 8.74. The maximum absolute atomic E-state index is 4.52. The van der Waals surface area contributed by atoms with Crippen molar-refractivity contribution in [2.75, 3.05) is 13.1 Å². The van der Waals surface area contributed by atoms with Crippen molar-refractivity contribution in [2.24, 2.45) is 0 Å². The first-order chi connectivity index (χ1) is 11.5. The van der Waals surface area contributed by atoms with Crippen molar-refractivity contribution >= 4 is 10.9 Å². The smallest absolute Gasteiger partial charge is 0.0501 e. The number of fused-ring (bicyclic) bond motifs is 1. The Morgan fingerprint density at radius 3 is 2.33 bits per heavy atom.